The average Bonchev–Trinajstić information content (AvgIpc) is 2.61. The third-order valence-electron chi connectivity index (χ3n) is 3.81. The second kappa shape index (κ2) is 9.10. The number of nitrogens with zero attached hydrogens (tertiary/aromatic N) is 1. The van der Waals surface area contributed by atoms with Crippen LogP contribution >= 0.6 is 11.6 Å². The molecule has 0 heterocycles. The van der Waals surface area contributed by atoms with Crippen molar-refractivity contribution in [3.8, 4) is 0 Å². The van der Waals surface area contributed by atoms with Crippen molar-refractivity contribution < 1.29 is 23.9 Å². The Bertz CT molecular complexity index is 807. The van der Waals surface area contributed by atoms with Crippen LogP contribution in [-0.2, 0) is 27.3 Å². The lowest BCUT2D eigenvalue weighted by molar-refractivity contribution is -0.151. The Kier molecular flexibility index (Phi) is 6.86. The summed E-state index contributed by atoms with van der Waals surface area (Å²) >= 11 is 6.12. The highest BCUT2D eigenvalue weighted by atomic mass is 35.5. The number of ketones is 1. The van der Waals surface area contributed by atoms with Gasteiger partial charge in [-0.3, -0.25) is 9.59 Å². The first kappa shape index (κ1) is 19.6. The number of aliphatic carboxylic acids is 1. The van der Waals surface area contributed by atoms with Crippen molar-refractivity contribution in [3.05, 3.63) is 70.5 Å². The van der Waals surface area contributed by atoms with Crippen LogP contribution in [0.15, 0.2) is 48.5 Å². The van der Waals surface area contributed by atoms with Crippen LogP contribution < -0.4 is 0 Å². The molecule has 0 spiro atoms. The van der Waals surface area contributed by atoms with Gasteiger partial charge in [-0.2, -0.15) is 0 Å². The molecule has 0 aliphatic carbocycles. The molecule has 0 saturated carbocycles. The number of carboxylic acids is 1. The zero-order valence-electron chi connectivity index (χ0n) is 13.8. The van der Waals surface area contributed by atoms with E-state index in [0.29, 0.717) is 17.0 Å². The van der Waals surface area contributed by atoms with Crippen molar-refractivity contribution in [2.75, 3.05) is 6.54 Å². The van der Waals surface area contributed by atoms with Crippen molar-refractivity contribution in [2.45, 2.75) is 19.4 Å². The number of carbonyl (C=O) groups is 3. The number of halogens is 2. The lowest BCUT2D eigenvalue weighted by atomic mass is 10.1. The van der Waals surface area contributed by atoms with Crippen LogP contribution in [0.3, 0.4) is 0 Å². The summed E-state index contributed by atoms with van der Waals surface area (Å²) in [6.07, 6.45) is -0.291. The van der Waals surface area contributed by atoms with E-state index < -0.39 is 24.1 Å². The van der Waals surface area contributed by atoms with Gasteiger partial charge in [0.2, 0.25) is 11.7 Å². The quantitative estimate of drug-likeness (QED) is 0.566. The van der Waals surface area contributed by atoms with Gasteiger partial charge in [-0.25, -0.2) is 9.18 Å². The van der Waals surface area contributed by atoms with Crippen molar-refractivity contribution in [1.82, 2.24) is 4.90 Å². The molecular formula is C19H17ClFNO4. The Hall–Kier alpha value is -2.73. The van der Waals surface area contributed by atoms with Gasteiger partial charge in [0.05, 0.1) is 6.42 Å². The molecule has 136 valence electrons. The molecule has 26 heavy (non-hydrogen) atoms. The van der Waals surface area contributed by atoms with E-state index in [1.54, 1.807) is 36.4 Å². The Balaban J connectivity index is 2.13. The van der Waals surface area contributed by atoms with Crippen molar-refractivity contribution >= 4 is 29.3 Å². The van der Waals surface area contributed by atoms with E-state index >= 15 is 0 Å². The number of carbonyl (C=O) groups excluding carboxylic acids is 2. The Labute approximate surface area is 155 Å². The molecule has 0 unspecified atom stereocenters. The van der Waals surface area contributed by atoms with E-state index in [4.69, 9.17) is 16.7 Å². The number of hydrogen-bond donors (Lipinski definition) is 1. The fourth-order valence-electron chi connectivity index (χ4n) is 2.36. The first-order valence-electron chi connectivity index (χ1n) is 7.88. The normalized spacial score (nSPS) is 10.4. The van der Waals surface area contributed by atoms with Crippen molar-refractivity contribution in [1.29, 1.82) is 0 Å². The lowest BCUT2D eigenvalue weighted by Gasteiger charge is -2.23. The summed E-state index contributed by atoms with van der Waals surface area (Å²) < 4.78 is 13.0. The summed E-state index contributed by atoms with van der Waals surface area (Å²) in [7, 11) is 0. The molecule has 2 aromatic rings. The molecule has 0 atom stereocenters. The first-order chi connectivity index (χ1) is 12.4. The van der Waals surface area contributed by atoms with Gasteiger partial charge in [0, 0.05) is 18.1 Å². The molecule has 0 aliphatic rings. The second-order valence-corrected chi connectivity index (χ2v) is 6.10. The van der Waals surface area contributed by atoms with Crippen LogP contribution in [0.4, 0.5) is 4.39 Å². The summed E-state index contributed by atoms with van der Waals surface area (Å²) in [6, 6.07) is 12.8. The maximum atomic E-state index is 13.0. The zero-order valence-corrected chi connectivity index (χ0v) is 14.6. The monoisotopic (exact) mass is 377 g/mol. The standard InChI is InChI=1S/C19H17ClFNO4/c20-16-4-2-1-3-14(16)12-22(18(24)11-17(23)19(25)26)10-9-13-5-7-15(21)8-6-13/h1-8H,9-12H2,(H,25,26). The SMILES string of the molecule is O=C(O)C(=O)CC(=O)N(CCc1ccc(F)cc1)Cc1ccccc1Cl. The van der Waals surface area contributed by atoms with E-state index in [-0.39, 0.29) is 18.9 Å². The lowest BCUT2D eigenvalue weighted by Crippen LogP contribution is -2.35. The number of carboxylic acid groups (broad SMARTS) is 1. The van der Waals surface area contributed by atoms with Gasteiger partial charge in [0.15, 0.2) is 0 Å². The van der Waals surface area contributed by atoms with Crippen LogP contribution in [0.2, 0.25) is 5.02 Å². The molecule has 0 radical (unpaired) electrons. The van der Waals surface area contributed by atoms with Gasteiger partial charge in [0.25, 0.3) is 0 Å². The number of benzene rings is 2. The molecule has 2 rings (SSSR count). The van der Waals surface area contributed by atoms with Crippen LogP contribution in [0.5, 0.6) is 0 Å². The molecule has 7 heteroatoms. The fourth-order valence-corrected chi connectivity index (χ4v) is 2.56. The maximum absolute atomic E-state index is 13.0. The van der Waals surface area contributed by atoms with Crippen LogP contribution in [0.25, 0.3) is 0 Å². The Morgan fingerprint density at radius 3 is 2.31 bits per heavy atom. The molecule has 1 amide bonds. The van der Waals surface area contributed by atoms with Gasteiger partial charge in [0.1, 0.15) is 5.82 Å². The van der Waals surface area contributed by atoms with E-state index in [9.17, 15) is 18.8 Å². The minimum Gasteiger partial charge on any atom is -0.475 e. The highest BCUT2D eigenvalue weighted by Gasteiger charge is 2.22. The van der Waals surface area contributed by atoms with Crippen LogP contribution in [0, 0.1) is 5.82 Å². The maximum Gasteiger partial charge on any atom is 0.372 e. The summed E-state index contributed by atoms with van der Waals surface area (Å²) in [5.41, 5.74) is 1.50. The first-order valence-corrected chi connectivity index (χ1v) is 8.26. The minimum absolute atomic E-state index is 0.145. The van der Waals surface area contributed by atoms with Crippen molar-refractivity contribution in [3.63, 3.8) is 0 Å². The zero-order chi connectivity index (χ0) is 19.1. The van der Waals surface area contributed by atoms with Gasteiger partial charge in [-0.1, -0.05) is 41.9 Å². The molecule has 0 fully saturated rings. The minimum atomic E-state index is -1.64. The number of amides is 1. The summed E-state index contributed by atoms with van der Waals surface area (Å²) in [6.45, 7) is 0.384. The largest absolute Gasteiger partial charge is 0.475 e. The van der Waals surface area contributed by atoms with E-state index in [1.807, 2.05) is 0 Å². The fraction of sp³-hybridized carbons (Fsp3) is 0.211. The van der Waals surface area contributed by atoms with Gasteiger partial charge in [-0.15, -0.1) is 0 Å². The molecule has 0 bridgehead atoms. The number of hydrogen-bond acceptors (Lipinski definition) is 3. The second-order valence-electron chi connectivity index (χ2n) is 5.69. The predicted molar refractivity (Wildman–Crippen MR) is 94.2 cm³/mol. The van der Waals surface area contributed by atoms with Gasteiger partial charge >= 0.3 is 5.97 Å². The molecule has 2 aromatic carbocycles. The molecular weight excluding hydrogens is 361 g/mol. The van der Waals surface area contributed by atoms with E-state index in [0.717, 1.165) is 5.56 Å². The smallest absolute Gasteiger partial charge is 0.372 e. The van der Waals surface area contributed by atoms with Gasteiger partial charge < -0.3 is 10.0 Å². The molecule has 0 aliphatic heterocycles. The number of Topliss-reactive ketones (excluding diaryl/α,β-unsaturated/α-hetero) is 1. The third-order valence-corrected chi connectivity index (χ3v) is 4.17. The molecule has 0 aromatic heterocycles. The van der Waals surface area contributed by atoms with Crippen LogP contribution in [0.1, 0.15) is 17.5 Å². The van der Waals surface area contributed by atoms with Crippen LogP contribution in [-0.4, -0.2) is 34.2 Å². The highest BCUT2D eigenvalue weighted by Crippen LogP contribution is 2.18. The topological polar surface area (TPSA) is 74.7 Å². The number of rotatable bonds is 8. The predicted octanol–water partition coefficient (Wildman–Crippen LogP) is 3.09. The van der Waals surface area contributed by atoms with E-state index in [2.05, 4.69) is 0 Å². The summed E-state index contributed by atoms with van der Waals surface area (Å²) in [5.74, 6) is -3.76. The van der Waals surface area contributed by atoms with Gasteiger partial charge in [-0.05, 0) is 35.7 Å². The summed E-state index contributed by atoms with van der Waals surface area (Å²) in [5, 5.41) is 9.17. The Morgan fingerprint density at radius 1 is 1.04 bits per heavy atom. The average molecular weight is 378 g/mol. The van der Waals surface area contributed by atoms with Crippen molar-refractivity contribution in [2.24, 2.45) is 0 Å². The third kappa shape index (κ3) is 5.67. The molecule has 0 saturated heterocycles. The van der Waals surface area contributed by atoms with E-state index in [1.165, 1.54) is 17.0 Å². The molecule has 5 nitrogen and oxygen atoms in total. The Morgan fingerprint density at radius 2 is 1.69 bits per heavy atom. The highest BCUT2D eigenvalue weighted by molar-refractivity contribution is 6.36. The molecule has 1 N–H and O–H groups in total. The summed E-state index contributed by atoms with van der Waals surface area (Å²) in [4.78, 5) is 35.8.